The average molecular weight is 341 g/mol. The number of hydrogen-bond acceptors (Lipinski definition) is 6. The Hall–Kier alpha value is -3.35. The second-order valence-electron chi connectivity index (χ2n) is 4.95. The Kier molecular flexibility index (Phi) is 6.99. The van der Waals surface area contributed by atoms with E-state index in [0.29, 0.717) is 5.75 Å². The summed E-state index contributed by atoms with van der Waals surface area (Å²) in [5.41, 5.74) is 4.08. The minimum absolute atomic E-state index is 0.127. The minimum Gasteiger partial charge on any atom is -0.482 e. The molecule has 25 heavy (non-hydrogen) atoms. The first-order chi connectivity index (χ1) is 12.2. The summed E-state index contributed by atoms with van der Waals surface area (Å²) in [5.74, 6) is -0.158. The molecule has 0 fully saturated rings. The van der Waals surface area contributed by atoms with Gasteiger partial charge in [-0.05, 0) is 42.0 Å². The number of ether oxygens (including phenoxy) is 2. The second-order valence-corrected chi connectivity index (χ2v) is 4.95. The SMILES string of the molecule is COC(=O)COc1ccc(/C=N\NC(=O)CNc2ccccc2)cc1. The van der Waals surface area contributed by atoms with Gasteiger partial charge in [-0.2, -0.15) is 5.10 Å². The lowest BCUT2D eigenvalue weighted by Crippen LogP contribution is -2.25. The molecule has 0 aliphatic rings. The average Bonchev–Trinajstić information content (AvgIpc) is 2.66. The molecule has 2 aromatic rings. The summed E-state index contributed by atoms with van der Waals surface area (Å²) in [7, 11) is 1.30. The lowest BCUT2D eigenvalue weighted by molar-refractivity contribution is -0.142. The fourth-order valence-corrected chi connectivity index (χ4v) is 1.81. The first-order valence-corrected chi connectivity index (χ1v) is 7.58. The van der Waals surface area contributed by atoms with E-state index in [2.05, 4.69) is 20.6 Å². The zero-order valence-electron chi connectivity index (χ0n) is 13.8. The van der Waals surface area contributed by atoms with E-state index in [-0.39, 0.29) is 19.1 Å². The lowest BCUT2D eigenvalue weighted by Gasteiger charge is -2.05. The third-order valence-corrected chi connectivity index (χ3v) is 3.09. The van der Waals surface area contributed by atoms with Gasteiger partial charge in [-0.15, -0.1) is 0 Å². The van der Waals surface area contributed by atoms with Crippen LogP contribution < -0.4 is 15.5 Å². The molecule has 0 aromatic heterocycles. The molecule has 130 valence electrons. The Balaban J connectivity index is 1.73. The van der Waals surface area contributed by atoms with Gasteiger partial charge in [-0.1, -0.05) is 18.2 Å². The molecule has 0 bridgehead atoms. The van der Waals surface area contributed by atoms with Crippen LogP contribution in [0.25, 0.3) is 0 Å². The molecule has 2 aromatic carbocycles. The number of esters is 1. The van der Waals surface area contributed by atoms with Gasteiger partial charge in [0.25, 0.3) is 5.91 Å². The molecule has 0 aliphatic heterocycles. The van der Waals surface area contributed by atoms with Crippen LogP contribution in [-0.4, -0.2) is 38.4 Å². The number of methoxy groups -OCH3 is 1. The maximum absolute atomic E-state index is 11.7. The Bertz CT molecular complexity index is 715. The third kappa shape index (κ3) is 6.74. The van der Waals surface area contributed by atoms with Crippen LogP contribution in [0, 0.1) is 0 Å². The van der Waals surface area contributed by atoms with Crippen molar-refractivity contribution in [2.75, 3.05) is 25.6 Å². The molecule has 1 amide bonds. The zero-order valence-corrected chi connectivity index (χ0v) is 13.8. The van der Waals surface area contributed by atoms with E-state index in [9.17, 15) is 9.59 Å². The van der Waals surface area contributed by atoms with Crippen molar-refractivity contribution < 1.29 is 19.1 Å². The highest BCUT2D eigenvalue weighted by molar-refractivity contribution is 5.84. The number of amides is 1. The van der Waals surface area contributed by atoms with E-state index in [1.807, 2.05) is 30.3 Å². The van der Waals surface area contributed by atoms with E-state index >= 15 is 0 Å². The number of nitrogens with zero attached hydrogens (tertiary/aromatic N) is 1. The molecule has 0 saturated carbocycles. The molecule has 0 aliphatic carbocycles. The molecule has 0 spiro atoms. The number of anilines is 1. The smallest absolute Gasteiger partial charge is 0.343 e. The lowest BCUT2D eigenvalue weighted by atomic mass is 10.2. The van der Waals surface area contributed by atoms with E-state index in [1.54, 1.807) is 24.3 Å². The topological polar surface area (TPSA) is 89.0 Å². The number of nitrogens with one attached hydrogen (secondary N) is 2. The molecule has 7 nitrogen and oxygen atoms in total. The maximum atomic E-state index is 11.7. The van der Waals surface area contributed by atoms with Crippen LogP contribution in [0.15, 0.2) is 59.7 Å². The summed E-state index contributed by atoms with van der Waals surface area (Å²) in [6.45, 7) is -0.0178. The van der Waals surface area contributed by atoms with Crippen LogP contribution in [0.1, 0.15) is 5.56 Å². The molecule has 2 N–H and O–H groups in total. The third-order valence-electron chi connectivity index (χ3n) is 3.09. The summed E-state index contributed by atoms with van der Waals surface area (Å²) >= 11 is 0. The van der Waals surface area contributed by atoms with Gasteiger partial charge in [0.05, 0.1) is 19.9 Å². The van der Waals surface area contributed by atoms with Crippen molar-refractivity contribution in [3.05, 3.63) is 60.2 Å². The zero-order chi connectivity index (χ0) is 17.9. The summed E-state index contributed by atoms with van der Waals surface area (Å²) in [6, 6.07) is 16.3. The normalized spacial score (nSPS) is 10.3. The Labute approximate surface area is 145 Å². The molecule has 0 heterocycles. The maximum Gasteiger partial charge on any atom is 0.343 e. The van der Waals surface area contributed by atoms with Crippen molar-refractivity contribution in [1.82, 2.24) is 5.43 Å². The summed E-state index contributed by atoms with van der Waals surface area (Å²) < 4.78 is 9.72. The van der Waals surface area contributed by atoms with Crippen molar-refractivity contribution in [2.45, 2.75) is 0 Å². The van der Waals surface area contributed by atoms with Crippen LogP contribution >= 0.6 is 0 Å². The number of para-hydroxylation sites is 1. The second kappa shape index (κ2) is 9.71. The van der Waals surface area contributed by atoms with Gasteiger partial charge >= 0.3 is 5.97 Å². The van der Waals surface area contributed by atoms with Gasteiger partial charge in [0.15, 0.2) is 6.61 Å². The van der Waals surface area contributed by atoms with Crippen LogP contribution in [-0.2, 0) is 14.3 Å². The van der Waals surface area contributed by atoms with E-state index in [4.69, 9.17) is 4.74 Å². The van der Waals surface area contributed by atoms with Crippen molar-refractivity contribution in [2.24, 2.45) is 5.10 Å². The van der Waals surface area contributed by atoms with Crippen molar-refractivity contribution in [3.63, 3.8) is 0 Å². The van der Waals surface area contributed by atoms with Crippen LogP contribution in [0.2, 0.25) is 0 Å². The number of carbonyl (C=O) groups is 2. The van der Waals surface area contributed by atoms with Gasteiger partial charge in [0.2, 0.25) is 0 Å². The van der Waals surface area contributed by atoms with Crippen molar-refractivity contribution in [1.29, 1.82) is 0 Å². The van der Waals surface area contributed by atoms with Crippen LogP contribution in [0.3, 0.4) is 0 Å². The molecular weight excluding hydrogens is 322 g/mol. The summed E-state index contributed by atoms with van der Waals surface area (Å²) in [5, 5.41) is 6.88. The summed E-state index contributed by atoms with van der Waals surface area (Å²) in [4.78, 5) is 22.7. The number of hydrogen-bond donors (Lipinski definition) is 2. The van der Waals surface area contributed by atoms with Crippen molar-refractivity contribution >= 4 is 23.8 Å². The summed E-state index contributed by atoms with van der Waals surface area (Å²) in [6.07, 6.45) is 1.52. The first kappa shape index (κ1) is 18.0. The van der Waals surface area contributed by atoms with E-state index < -0.39 is 5.97 Å². The minimum atomic E-state index is -0.447. The van der Waals surface area contributed by atoms with Crippen LogP contribution in [0.4, 0.5) is 5.69 Å². The molecule has 7 heteroatoms. The van der Waals surface area contributed by atoms with Gasteiger partial charge in [-0.3, -0.25) is 4.79 Å². The van der Waals surface area contributed by atoms with Gasteiger partial charge in [0.1, 0.15) is 5.75 Å². The predicted molar refractivity (Wildman–Crippen MR) is 94.6 cm³/mol. The fraction of sp³-hybridized carbons (Fsp3) is 0.167. The molecule has 0 radical (unpaired) electrons. The van der Waals surface area contributed by atoms with Crippen LogP contribution in [0.5, 0.6) is 5.75 Å². The van der Waals surface area contributed by atoms with Crippen molar-refractivity contribution in [3.8, 4) is 5.75 Å². The Morgan fingerprint density at radius 1 is 1.08 bits per heavy atom. The quantitative estimate of drug-likeness (QED) is 0.434. The number of hydrazone groups is 1. The highest BCUT2D eigenvalue weighted by atomic mass is 16.6. The number of rotatable bonds is 8. The fourth-order valence-electron chi connectivity index (χ4n) is 1.81. The predicted octanol–water partition coefficient (Wildman–Crippen LogP) is 1.80. The largest absolute Gasteiger partial charge is 0.482 e. The standard InChI is InChI=1S/C18H19N3O4/c1-24-18(23)13-25-16-9-7-14(8-10-16)11-20-21-17(22)12-19-15-5-3-2-4-6-15/h2-11,19H,12-13H2,1H3,(H,21,22)/b20-11-. The highest BCUT2D eigenvalue weighted by Crippen LogP contribution is 2.11. The molecule has 2 rings (SSSR count). The Morgan fingerprint density at radius 2 is 1.80 bits per heavy atom. The monoisotopic (exact) mass is 341 g/mol. The molecular formula is C18H19N3O4. The van der Waals surface area contributed by atoms with Gasteiger partial charge in [0, 0.05) is 5.69 Å². The number of carbonyl (C=O) groups excluding carboxylic acids is 2. The molecule has 0 saturated heterocycles. The molecule has 0 unspecified atom stereocenters. The Morgan fingerprint density at radius 3 is 2.48 bits per heavy atom. The highest BCUT2D eigenvalue weighted by Gasteiger charge is 2.01. The van der Waals surface area contributed by atoms with E-state index in [1.165, 1.54) is 13.3 Å². The van der Waals surface area contributed by atoms with Gasteiger partial charge < -0.3 is 14.8 Å². The molecule has 0 atom stereocenters. The van der Waals surface area contributed by atoms with Gasteiger partial charge in [-0.25, -0.2) is 10.2 Å². The first-order valence-electron chi connectivity index (χ1n) is 7.58. The number of benzene rings is 2. The van der Waals surface area contributed by atoms with E-state index in [0.717, 1.165) is 11.3 Å².